The van der Waals surface area contributed by atoms with Crippen LogP contribution in [0.3, 0.4) is 0 Å². The summed E-state index contributed by atoms with van der Waals surface area (Å²) in [7, 11) is 0. The van der Waals surface area contributed by atoms with Crippen molar-refractivity contribution < 1.29 is 18.3 Å². The molecule has 0 spiro atoms. The highest BCUT2D eigenvalue weighted by atomic mass is 19.3. The lowest BCUT2D eigenvalue weighted by Crippen LogP contribution is -2.16. The number of hydrogen-bond donors (Lipinski definition) is 1. The summed E-state index contributed by atoms with van der Waals surface area (Å²) in [5, 5.41) is 6.29. The molecule has 1 N–H and O–H groups in total. The Hall–Kier alpha value is -2.97. The normalized spacial score (nSPS) is 14.3. The number of carbonyl (C=O) groups is 1. The quantitative estimate of drug-likeness (QED) is 0.710. The molecule has 4 rings (SSSR count). The summed E-state index contributed by atoms with van der Waals surface area (Å²) in [6, 6.07) is 3.00. The molecule has 1 fully saturated rings. The van der Waals surface area contributed by atoms with Crippen LogP contribution in [0.4, 0.5) is 14.5 Å². The highest BCUT2D eigenvalue weighted by molar-refractivity contribution is 6.03. The first-order valence-corrected chi connectivity index (χ1v) is 8.74. The van der Waals surface area contributed by atoms with Crippen LogP contribution in [-0.4, -0.2) is 31.2 Å². The maximum atomic E-state index is 12.7. The summed E-state index contributed by atoms with van der Waals surface area (Å²) >= 11 is 0. The lowest BCUT2D eigenvalue weighted by molar-refractivity contribution is 0.0561. The summed E-state index contributed by atoms with van der Waals surface area (Å²) in [6.45, 7) is 0.956. The number of nitrogens with one attached hydrogen (secondary N) is 1. The number of pyridine rings is 1. The molecule has 142 valence electrons. The van der Waals surface area contributed by atoms with E-state index in [0.29, 0.717) is 22.0 Å². The molecular formula is C18H19F2N5O2. The monoisotopic (exact) mass is 375 g/mol. The summed E-state index contributed by atoms with van der Waals surface area (Å²) in [4.78, 5) is 17.1. The highest BCUT2D eigenvalue weighted by Gasteiger charge is 2.26. The molecule has 27 heavy (non-hydrogen) atoms. The van der Waals surface area contributed by atoms with E-state index in [4.69, 9.17) is 4.74 Å². The molecule has 3 aromatic rings. The van der Waals surface area contributed by atoms with E-state index in [0.717, 1.165) is 30.4 Å². The van der Waals surface area contributed by atoms with Gasteiger partial charge in [-0.3, -0.25) is 4.79 Å². The lowest BCUT2D eigenvalue weighted by Gasteiger charge is -2.15. The van der Waals surface area contributed by atoms with Crippen LogP contribution in [-0.2, 0) is 0 Å². The SMILES string of the molecule is CC(C)Oc1cc2nc(C3CC3)cn2cc1NC(=O)c1ccn(C(F)F)n1. The zero-order valence-electron chi connectivity index (χ0n) is 14.9. The molecule has 1 amide bonds. The highest BCUT2D eigenvalue weighted by Crippen LogP contribution is 2.40. The number of alkyl halides is 2. The van der Waals surface area contributed by atoms with Gasteiger partial charge in [-0.05, 0) is 32.8 Å². The molecule has 0 radical (unpaired) electrons. The Morgan fingerprint density at radius 2 is 2.11 bits per heavy atom. The number of anilines is 1. The van der Waals surface area contributed by atoms with Gasteiger partial charge in [-0.15, -0.1) is 0 Å². The molecule has 0 atom stereocenters. The van der Waals surface area contributed by atoms with Gasteiger partial charge in [0, 0.05) is 30.6 Å². The van der Waals surface area contributed by atoms with Crippen LogP contribution in [0.5, 0.6) is 5.75 Å². The number of fused-ring (bicyclic) bond motifs is 1. The number of aromatic nitrogens is 4. The second-order valence-electron chi connectivity index (χ2n) is 6.84. The maximum absolute atomic E-state index is 12.7. The smallest absolute Gasteiger partial charge is 0.333 e. The molecule has 3 heterocycles. The van der Waals surface area contributed by atoms with Crippen LogP contribution < -0.4 is 10.1 Å². The fourth-order valence-corrected chi connectivity index (χ4v) is 2.81. The molecule has 7 nitrogen and oxygen atoms in total. The van der Waals surface area contributed by atoms with Crippen molar-refractivity contribution in [2.24, 2.45) is 0 Å². The van der Waals surface area contributed by atoms with Gasteiger partial charge < -0.3 is 14.5 Å². The first-order chi connectivity index (χ1) is 12.9. The largest absolute Gasteiger partial charge is 0.489 e. The van der Waals surface area contributed by atoms with Crippen LogP contribution in [0.25, 0.3) is 5.65 Å². The molecule has 0 bridgehead atoms. The minimum Gasteiger partial charge on any atom is -0.489 e. The van der Waals surface area contributed by atoms with E-state index < -0.39 is 12.5 Å². The first-order valence-electron chi connectivity index (χ1n) is 8.74. The van der Waals surface area contributed by atoms with E-state index >= 15 is 0 Å². The summed E-state index contributed by atoms with van der Waals surface area (Å²) < 4.78 is 33.4. The third-order valence-corrected chi connectivity index (χ3v) is 4.22. The van der Waals surface area contributed by atoms with E-state index in [2.05, 4.69) is 15.4 Å². The number of nitrogens with zero attached hydrogens (tertiary/aromatic N) is 4. The van der Waals surface area contributed by atoms with Crippen molar-refractivity contribution in [3.8, 4) is 5.75 Å². The van der Waals surface area contributed by atoms with Crippen molar-refractivity contribution in [1.82, 2.24) is 19.2 Å². The predicted octanol–water partition coefficient (Wildman–Crippen LogP) is 3.84. The number of hydrogen-bond acceptors (Lipinski definition) is 4. The second kappa shape index (κ2) is 6.64. The van der Waals surface area contributed by atoms with Gasteiger partial charge in [0.1, 0.15) is 17.1 Å². The molecule has 1 saturated carbocycles. The minimum atomic E-state index is -2.80. The van der Waals surface area contributed by atoms with E-state index in [1.54, 1.807) is 12.3 Å². The van der Waals surface area contributed by atoms with Crippen molar-refractivity contribution >= 4 is 17.2 Å². The van der Waals surface area contributed by atoms with E-state index in [1.807, 2.05) is 24.4 Å². The summed E-state index contributed by atoms with van der Waals surface area (Å²) in [6.07, 6.45) is 6.87. The lowest BCUT2D eigenvalue weighted by atomic mass is 10.3. The number of ether oxygens (including phenoxy) is 1. The Kier molecular flexibility index (Phi) is 4.29. The van der Waals surface area contributed by atoms with Gasteiger partial charge >= 0.3 is 6.55 Å². The maximum Gasteiger partial charge on any atom is 0.333 e. The Morgan fingerprint density at radius 1 is 1.33 bits per heavy atom. The zero-order chi connectivity index (χ0) is 19.1. The third-order valence-electron chi connectivity index (χ3n) is 4.22. The van der Waals surface area contributed by atoms with Gasteiger partial charge in [0.25, 0.3) is 5.91 Å². The number of rotatable bonds is 6. The van der Waals surface area contributed by atoms with Crippen molar-refractivity contribution in [3.63, 3.8) is 0 Å². The number of carbonyl (C=O) groups excluding carboxylic acids is 1. The van der Waals surface area contributed by atoms with Gasteiger partial charge in [0.15, 0.2) is 5.69 Å². The van der Waals surface area contributed by atoms with Crippen LogP contribution >= 0.6 is 0 Å². The van der Waals surface area contributed by atoms with Crippen molar-refractivity contribution in [2.75, 3.05) is 5.32 Å². The van der Waals surface area contributed by atoms with Gasteiger partial charge in [-0.1, -0.05) is 0 Å². The third kappa shape index (κ3) is 3.62. The van der Waals surface area contributed by atoms with Gasteiger partial charge in [0.05, 0.1) is 11.8 Å². The average Bonchev–Trinajstić information content (AvgIpc) is 3.17. The Labute approximate surface area is 154 Å². The first kappa shape index (κ1) is 17.4. The topological polar surface area (TPSA) is 73.5 Å². The molecule has 9 heteroatoms. The zero-order valence-corrected chi connectivity index (χ0v) is 14.9. The number of amides is 1. The average molecular weight is 375 g/mol. The van der Waals surface area contributed by atoms with E-state index in [1.165, 1.54) is 6.07 Å². The Morgan fingerprint density at radius 3 is 2.74 bits per heavy atom. The van der Waals surface area contributed by atoms with Gasteiger partial charge in [0.2, 0.25) is 0 Å². The standard InChI is InChI=1S/C18H19F2N5O2/c1-10(2)27-15-7-16-21-13(11-3-4-11)8-24(16)9-14(15)22-17(26)12-5-6-25(23-12)18(19)20/h5-11,18H,3-4H2,1-2H3,(H,22,26). The van der Waals surface area contributed by atoms with Gasteiger partial charge in [-0.25, -0.2) is 9.67 Å². The Balaban J connectivity index is 1.65. The summed E-state index contributed by atoms with van der Waals surface area (Å²) in [5.74, 6) is 0.368. The van der Waals surface area contributed by atoms with Crippen LogP contribution in [0.2, 0.25) is 0 Å². The molecule has 0 aromatic carbocycles. The van der Waals surface area contributed by atoms with Crippen molar-refractivity contribution in [2.45, 2.75) is 45.3 Å². The molecule has 0 aliphatic heterocycles. The van der Waals surface area contributed by atoms with Crippen LogP contribution in [0, 0.1) is 0 Å². The molecular weight excluding hydrogens is 356 g/mol. The summed E-state index contributed by atoms with van der Waals surface area (Å²) in [5.41, 5.74) is 2.07. The molecule has 1 aliphatic rings. The molecule has 0 saturated heterocycles. The van der Waals surface area contributed by atoms with Crippen molar-refractivity contribution in [1.29, 1.82) is 0 Å². The molecule has 3 aromatic heterocycles. The van der Waals surface area contributed by atoms with E-state index in [9.17, 15) is 13.6 Å². The number of halogens is 2. The van der Waals surface area contributed by atoms with Crippen molar-refractivity contribution in [3.05, 3.63) is 42.1 Å². The van der Waals surface area contributed by atoms with E-state index in [-0.39, 0.29) is 11.8 Å². The molecule has 1 aliphatic carbocycles. The minimum absolute atomic E-state index is 0.102. The fourth-order valence-electron chi connectivity index (χ4n) is 2.81. The predicted molar refractivity (Wildman–Crippen MR) is 94.4 cm³/mol. The fraction of sp³-hybridized carbons (Fsp3) is 0.389. The Bertz CT molecular complexity index is 991. The number of imidazole rings is 1. The van der Waals surface area contributed by atoms with Crippen LogP contribution in [0.15, 0.2) is 30.7 Å². The van der Waals surface area contributed by atoms with Crippen LogP contribution in [0.1, 0.15) is 55.3 Å². The second-order valence-corrected chi connectivity index (χ2v) is 6.84. The molecule has 0 unspecified atom stereocenters. The van der Waals surface area contributed by atoms with Gasteiger partial charge in [-0.2, -0.15) is 13.9 Å².